The molecule has 0 aliphatic rings. The van der Waals surface area contributed by atoms with Crippen molar-refractivity contribution in [2.75, 3.05) is 60.0 Å². The average molecular weight is 526 g/mol. The van der Waals surface area contributed by atoms with Crippen LogP contribution in [0.5, 0.6) is 0 Å². The Balaban J connectivity index is 0.00000729. The van der Waals surface area contributed by atoms with Crippen LogP contribution in [0, 0.1) is 0 Å². The molecule has 0 radical (unpaired) electrons. The molecule has 1 rings (SSSR count). The largest absolute Gasteiger partial charge is 0.385 e. The first-order valence-electron chi connectivity index (χ1n) is 9.30. The molecule has 0 unspecified atom stereocenters. The summed E-state index contributed by atoms with van der Waals surface area (Å²) in [7, 11) is 3.80. The smallest absolute Gasteiger partial charge is 0.252 e. The van der Waals surface area contributed by atoms with E-state index in [0.717, 1.165) is 38.6 Å². The molecule has 7 nitrogen and oxygen atoms in total. The van der Waals surface area contributed by atoms with Crippen molar-refractivity contribution in [3.63, 3.8) is 0 Å². The molecule has 0 heterocycles. The predicted molar refractivity (Wildman–Crippen MR) is 127 cm³/mol. The Morgan fingerprint density at radius 3 is 2.57 bits per heavy atom. The minimum atomic E-state index is -0.179. The van der Waals surface area contributed by atoms with E-state index in [1.54, 1.807) is 31.4 Å². The number of halogens is 2. The van der Waals surface area contributed by atoms with Crippen LogP contribution < -0.4 is 16.0 Å². The van der Waals surface area contributed by atoms with E-state index in [2.05, 4.69) is 32.9 Å². The van der Waals surface area contributed by atoms with Gasteiger partial charge in [0.2, 0.25) is 0 Å². The van der Waals surface area contributed by atoms with Crippen molar-refractivity contribution in [1.29, 1.82) is 0 Å². The van der Waals surface area contributed by atoms with Crippen molar-refractivity contribution in [2.45, 2.75) is 13.3 Å². The summed E-state index contributed by atoms with van der Waals surface area (Å²) in [5.41, 5.74) is 0.483. The lowest BCUT2D eigenvalue weighted by molar-refractivity contribution is 0.0954. The number of rotatable bonds is 12. The Morgan fingerprint density at radius 1 is 1.18 bits per heavy atom. The molecule has 0 aromatic heterocycles. The molecular formula is C19H33ClIN5O2. The van der Waals surface area contributed by atoms with Gasteiger partial charge in [0.1, 0.15) is 0 Å². The molecule has 160 valence electrons. The van der Waals surface area contributed by atoms with E-state index in [1.165, 1.54) is 0 Å². The highest BCUT2D eigenvalue weighted by atomic mass is 127. The van der Waals surface area contributed by atoms with E-state index in [1.807, 2.05) is 6.92 Å². The van der Waals surface area contributed by atoms with Crippen molar-refractivity contribution in [1.82, 2.24) is 20.9 Å². The molecule has 0 aliphatic heterocycles. The topological polar surface area (TPSA) is 78.0 Å². The number of nitrogens with one attached hydrogen (secondary N) is 3. The highest BCUT2D eigenvalue weighted by Crippen LogP contribution is 2.14. The summed E-state index contributed by atoms with van der Waals surface area (Å²) in [6, 6.07) is 7.01. The average Bonchev–Trinajstić information content (AvgIpc) is 2.65. The SMILES string of the molecule is CCNC(=NCCN(C)CCCOC)NCCNC(=O)c1ccccc1Cl.I. The van der Waals surface area contributed by atoms with Gasteiger partial charge in [-0.3, -0.25) is 9.79 Å². The third-order valence-corrected chi connectivity index (χ3v) is 4.14. The second kappa shape index (κ2) is 16.8. The Morgan fingerprint density at radius 2 is 1.89 bits per heavy atom. The lowest BCUT2D eigenvalue weighted by atomic mass is 10.2. The van der Waals surface area contributed by atoms with E-state index in [9.17, 15) is 4.79 Å². The van der Waals surface area contributed by atoms with Gasteiger partial charge in [0.05, 0.1) is 17.1 Å². The monoisotopic (exact) mass is 525 g/mol. The highest BCUT2D eigenvalue weighted by Gasteiger charge is 2.08. The van der Waals surface area contributed by atoms with E-state index >= 15 is 0 Å². The van der Waals surface area contributed by atoms with Crippen LogP contribution in [0.1, 0.15) is 23.7 Å². The Hall–Kier alpha value is -1.10. The third kappa shape index (κ3) is 11.7. The molecule has 0 atom stereocenters. The molecule has 0 saturated heterocycles. The number of ether oxygens (including phenoxy) is 1. The lowest BCUT2D eigenvalue weighted by Crippen LogP contribution is -2.42. The number of aliphatic imine (C=N–C) groups is 1. The molecule has 1 aromatic carbocycles. The summed E-state index contributed by atoms with van der Waals surface area (Å²) < 4.78 is 5.06. The van der Waals surface area contributed by atoms with Crippen LogP contribution >= 0.6 is 35.6 Å². The first-order chi connectivity index (χ1) is 13.1. The Labute approximate surface area is 190 Å². The second-order valence-electron chi connectivity index (χ2n) is 6.07. The number of carbonyl (C=O) groups is 1. The number of methoxy groups -OCH3 is 1. The highest BCUT2D eigenvalue weighted by molar-refractivity contribution is 14.0. The predicted octanol–water partition coefficient (Wildman–Crippen LogP) is 2.21. The van der Waals surface area contributed by atoms with Crippen LogP contribution in [0.25, 0.3) is 0 Å². The first-order valence-corrected chi connectivity index (χ1v) is 9.68. The van der Waals surface area contributed by atoms with Crippen molar-refractivity contribution in [2.24, 2.45) is 4.99 Å². The fourth-order valence-electron chi connectivity index (χ4n) is 2.36. The van der Waals surface area contributed by atoms with Crippen LogP contribution in [-0.2, 0) is 4.74 Å². The van der Waals surface area contributed by atoms with E-state index in [-0.39, 0.29) is 29.9 Å². The van der Waals surface area contributed by atoms with Crippen molar-refractivity contribution < 1.29 is 9.53 Å². The van der Waals surface area contributed by atoms with Gasteiger partial charge in [-0.1, -0.05) is 23.7 Å². The van der Waals surface area contributed by atoms with Gasteiger partial charge in [-0.15, -0.1) is 24.0 Å². The first kappa shape index (κ1) is 26.9. The number of amides is 1. The number of likely N-dealkylation sites (N-methyl/N-ethyl adjacent to an activating group) is 1. The van der Waals surface area contributed by atoms with E-state index in [0.29, 0.717) is 30.2 Å². The van der Waals surface area contributed by atoms with Crippen molar-refractivity contribution in [3.05, 3.63) is 34.9 Å². The molecular weight excluding hydrogens is 493 g/mol. The standard InChI is InChI=1S/C19H32ClN5O2.HI/c1-4-21-19(24-12-14-25(2)13-7-15-27-3)23-11-10-22-18(26)16-8-5-6-9-17(16)20;/h5-6,8-9H,4,7,10-15H2,1-3H3,(H,22,26)(H2,21,23,24);1H. The quantitative estimate of drug-likeness (QED) is 0.169. The molecule has 1 aromatic rings. The molecule has 0 aliphatic carbocycles. The molecule has 28 heavy (non-hydrogen) atoms. The summed E-state index contributed by atoms with van der Waals surface area (Å²) in [4.78, 5) is 18.9. The minimum Gasteiger partial charge on any atom is -0.385 e. The lowest BCUT2D eigenvalue weighted by Gasteiger charge is -2.16. The van der Waals surface area contributed by atoms with Crippen LogP contribution in [0.4, 0.5) is 0 Å². The zero-order chi connectivity index (χ0) is 19.9. The molecule has 9 heteroatoms. The summed E-state index contributed by atoms with van der Waals surface area (Å²) >= 11 is 6.03. The number of hydrogen-bond acceptors (Lipinski definition) is 4. The molecule has 3 N–H and O–H groups in total. The molecule has 0 spiro atoms. The Kier molecular flexibility index (Phi) is 16.2. The maximum absolute atomic E-state index is 12.1. The van der Waals surface area contributed by atoms with Gasteiger partial charge in [0.25, 0.3) is 5.91 Å². The Bertz CT molecular complexity index is 589. The van der Waals surface area contributed by atoms with Gasteiger partial charge >= 0.3 is 0 Å². The molecule has 0 fully saturated rings. The summed E-state index contributed by atoms with van der Waals surface area (Å²) in [5.74, 6) is 0.566. The zero-order valence-electron chi connectivity index (χ0n) is 17.0. The molecule has 0 saturated carbocycles. The molecule has 0 bridgehead atoms. The molecule has 1 amide bonds. The number of benzene rings is 1. The minimum absolute atomic E-state index is 0. The van der Waals surface area contributed by atoms with Gasteiger partial charge in [0, 0.05) is 46.4 Å². The van der Waals surface area contributed by atoms with Crippen LogP contribution in [-0.4, -0.2) is 76.8 Å². The third-order valence-electron chi connectivity index (χ3n) is 3.81. The number of nitrogens with zero attached hydrogens (tertiary/aromatic N) is 2. The van der Waals surface area contributed by atoms with Gasteiger partial charge in [-0.05, 0) is 32.5 Å². The van der Waals surface area contributed by atoms with Crippen molar-refractivity contribution in [3.8, 4) is 0 Å². The summed E-state index contributed by atoms with van der Waals surface area (Å²) in [6.07, 6.45) is 1.01. The number of guanidine groups is 1. The van der Waals surface area contributed by atoms with Gasteiger partial charge < -0.3 is 25.6 Å². The van der Waals surface area contributed by atoms with Gasteiger partial charge in [-0.25, -0.2) is 0 Å². The maximum Gasteiger partial charge on any atom is 0.252 e. The van der Waals surface area contributed by atoms with Crippen LogP contribution in [0.2, 0.25) is 5.02 Å². The van der Waals surface area contributed by atoms with E-state index in [4.69, 9.17) is 16.3 Å². The normalized spacial score (nSPS) is 11.1. The van der Waals surface area contributed by atoms with E-state index < -0.39 is 0 Å². The number of hydrogen-bond donors (Lipinski definition) is 3. The summed E-state index contributed by atoms with van der Waals surface area (Å²) in [6.45, 7) is 7.19. The fourth-order valence-corrected chi connectivity index (χ4v) is 2.58. The fraction of sp³-hybridized carbons (Fsp3) is 0.579. The maximum atomic E-state index is 12.1. The van der Waals surface area contributed by atoms with Crippen LogP contribution in [0.15, 0.2) is 29.3 Å². The second-order valence-corrected chi connectivity index (χ2v) is 6.48. The zero-order valence-corrected chi connectivity index (χ0v) is 20.0. The van der Waals surface area contributed by atoms with Crippen LogP contribution in [0.3, 0.4) is 0 Å². The van der Waals surface area contributed by atoms with Crippen molar-refractivity contribution >= 4 is 47.4 Å². The number of carbonyl (C=O) groups excluding carboxylic acids is 1. The van der Waals surface area contributed by atoms with Gasteiger partial charge in [0.15, 0.2) is 5.96 Å². The summed E-state index contributed by atoms with van der Waals surface area (Å²) in [5, 5.41) is 9.73. The van der Waals surface area contributed by atoms with Gasteiger partial charge in [-0.2, -0.15) is 0 Å².